The van der Waals surface area contributed by atoms with Crippen LogP contribution < -0.4 is 10.0 Å². The van der Waals surface area contributed by atoms with E-state index >= 15 is 0 Å². The van der Waals surface area contributed by atoms with E-state index in [4.69, 9.17) is 4.42 Å². The smallest absolute Gasteiger partial charge is 0.395 e. The first-order valence-corrected chi connectivity index (χ1v) is 8.97. The summed E-state index contributed by atoms with van der Waals surface area (Å²) in [5.74, 6) is -1.28. The highest BCUT2D eigenvalue weighted by atomic mass is 32.2. The summed E-state index contributed by atoms with van der Waals surface area (Å²) >= 11 is 0. The van der Waals surface area contributed by atoms with Crippen molar-refractivity contribution >= 4 is 21.8 Å². The van der Waals surface area contributed by atoms with Crippen LogP contribution >= 0.6 is 0 Å². The molecule has 25 heavy (non-hydrogen) atoms. The van der Waals surface area contributed by atoms with Crippen LogP contribution in [0.3, 0.4) is 0 Å². The summed E-state index contributed by atoms with van der Waals surface area (Å²) in [4.78, 5) is 21.8. The number of nitro groups is 1. The highest BCUT2D eigenvalue weighted by Crippen LogP contribution is 2.22. The van der Waals surface area contributed by atoms with Crippen LogP contribution in [0.25, 0.3) is 0 Å². The fourth-order valence-corrected chi connectivity index (χ4v) is 3.40. The molecule has 1 aliphatic carbocycles. The van der Waals surface area contributed by atoms with E-state index in [2.05, 4.69) is 10.0 Å². The van der Waals surface area contributed by atoms with E-state index in [1.165, 1.54) is 18.2 Å². The van der Waals surface area contributed by atoms with Gasteiger partial charge in [-0.05, 0) is 36.6 Å². The molecule has 10 heteroatoms. The second-order valence-electron chi connectivity index (χ2n) is 5.62. The van der Waals surface area contributed by atoms with Crippen molar-refractivity contribution < 1.29 is 22.6 Å². The molecule has 9 nitrogen and oxygen atoms in total. The van der Waals surface area contributed by atoms with Crippen molar-refractivity contribution in [2.75, 3.05) is 0 Å². The number of nitrogens with one attached hydrogen (secondary N) is 2. The first-order chi connectivity index (χ1) is 11.8. The van der Waals surface area contributed by atoms with Gasteiger partial charge < -0.3 is 9.73 Å². The molecule has 3 rings (SSSR count). The molecule has 0 unspecified atom stereocenters. The van der Waals surface area contributed by atoms with Gasteiger partial charge in [0.2, 0.25) is 10.0 Å². The van der Waals surface area contributed by atoms with Crippen molar-refractivity contribution in [1.82, 2.24) is 10.0 Å². The maximum atomic E-state index is 12.1. The van der Waals surface area contributed by atoms with Gasteiger partial charge in [0, 0.05) is 12.6 Å². The van der Waals surface area contributed by atoms with Crippen LogP contribution in [0.5, 0.6) is 0 Å². The molecule has 132 valence electrons. The van der Waals surface area contributed by atoms with Crippen LogP contribution in [0.4, 0.5) is 5.88 Å². The molecule has 1 heterocycles. The van der Waals surface area contributed by atoms with Crippen LogP contribution in [-0.4, -0.2) is 25.3 Å². The average Bonchev–Trinajstić information content (AvgIpc) is 3.23. The van der Waals surface area contributed by atoms with Gasteiger partial charge >= 0.3 is 5.88 Å². The number of amides is 1. The number of rotatable bonds is 7. The van der Waals surface area contributed by atoms with Gasteiger partial charge in [0.15, 0.2) is 5.76 Å². The molecule has 1 saturated carbocycles. The molecule has 1 aromatic carbocycles. The van der Waals surface area contributed by atoms with Gasteiger partial charge in [-0.1, -0.05) is 12.1 Å². The zero-order valence-electron chi connectivity index (χ0n) is 13.0. The SMILES string of the molecule is O=C(NCc1ccc(S(=O)(=O)NC2CC2)cc1)c1ccc([N+](=O)[O-])o1. The second kappa shape index (κ2) is 6.65. The first-order valence-electron chi connectivity index (χ1n) is 7.49. The summed E-state index contributed by atoms with van der Waals surface area (Å²) in [6.07, 6.45) is 1.71. The van der Waals surface area contributed by atoms with E-state index in [1.807, 2.05) is 0 Å². The normalized spacial score (nSPS) is 14.2. The van der Waals surface area contributed by atoms with Crippen molar-refractivity contribution in [3.8, 4) is 0 Å². The van der Waals surface area contributed by atoms with Gasteiger partial charge in [0.05, 0.1) is 11.0 Å². The van der Waals surface area contributed by atoms with Crippen molar-refractivity contribution in [3.63, 3.8) is 0 Å². The number of sulfonamides is 1. The Morgan fingerprint density at radius 3 is 2.44 bits per heavy atom. The highest BCUT2D eigenvalue weighted by Gasteiger charge is 2.27. The van der Waals surface area contributed by atoms with Gasteiger partial charge in [-0.25, -0.2) is 13.1 Å². The lowest BCUT2D eigenvalue weighted by molar-refractivity contribution is -0.402. The van der Waals surface area contributed by atoms with E-state index < -0.39 is 26.7 Å². The minimum Gasteiger partial charge on any atom is -0.395 e. The molecule has 0 atom stereocenters. The maximum absolute atomic E-state index is 12.1. The molecule has 1 fully saturated rings. The summed E-state index contributed by atoms with van der Waals surface area (Å²) in [6.45, 7) is 0.129. The minimum atomic E-state index is -3.51. The summed E-state index contributed by atoms with van der Waals surface area (Å²) < 4.78 is 31.5. The Morgan fingerprint density at radius 1 is 1.20 bits per heavy atom. The molecule has 2 aromatic rings. The second-order valence-corrected chi connectivity index (χ2v) is 7.33. The van der Waals surface area contributed by atoms with E-state index in [-0.39, 0.29) is 23.2 Å². The van der Waals surface area contributed by atoms with Crippen LogP contribution in [0.15, 0.2) is 45.7 Å². The Balaban J connectivity index is 1.59. The Kier molecular flexibility index (Phi) is 4.55. The zero-order chi connectivity index (χ0) is 18.0. The van der Waals surface area contributed by atoms with E-state index in [9.17, 15) is 23.3 Å². The van der Waals surface area contributed by atoms with Crippen molar-refractivity contribution in [2.45, 2.75) is 30.3 Å². The molecular formula is C15H15N3O6S. The molecule has 0 saturated heterocycles. The molecule has 2 N–H and O–H groups in total. The quantitative estimate of drug-likeness (QED) is 0.565. The number of nitrogens with zero attached hydrogens (tertiary/aromatic N) is 1. The monoisotopic (exact) mass is 365 g/mol. The van der Waals surface area contributed by atoms with E-state index in [0.717, 1.165) is 18.9 Å². The molecule has 0 spiro atoms. The third-order valence-corrected chi connectivity index (χ3v) is 5.12. The molecule has 1 amide bonds. The summed E-state index contributed by atoms with van der Waals surface area (Å²) in [5.41, 5.74) is 0.680. The average molecular weight is 365 g/mol. The minimum absolute atomic E-state index is 0.0290. The lowest BCUT2D eigenvalue weighted by Gasteiger charge is -2.07. The van der Waals surface area contributed by atoms with Crippen molar-refractivity contribution in [3.05, 3.63) is 57.8 Å². The lowest BCUT2D eigenvalue weighted by atomic mass is 10.2. The number of hydrogen-bond acceptors (Lipinski definition) is 6. The van der Waals surface area contributed by atoms with Crippen molar-refractivity contribution in [1.29, 1.82) is 0 Å². The largest absolute Gasteiger partial charge is 0.433 e. The van der Waals surface area contributed by atoms with Crippen LogP contribution in [0.2, 0.25) is 0 Å². The number of hydrogen-bond donors (Lipinski definition) is 2. The van der Waals surface area contributed by atoms with Gasteiger partial charge in [-0.3, -0.25) is 14.9 Å². The molecular weight excluding hydrogens is 350 g/mol. The Hall–Kier alpha value is -2.72. The van der Waals surface area contributed by atoms with Gasteiger partial charge in [0.25, 0.3) is 5.91 Å². The number of benzene rings is 1. The Morgan fingerprint density at radius 2 is 1.88 bits per heavy atom. The fourth-order valence-electron chi connectivity index (χ4n) is 2.09. The first kappa shape index (κ1) is 17.1. The maximum Gasteiger partial charge on any atom is 0.433 e. The van der Waals surface area contributed by atoms with Crippen molar-refractivity contribution in [2.24, 2.45) is 0 Å². The topological polar surface area (TPSA) is 132 Å². The standard InChI is InChI=1S/C15H15N3O6S/c19-15(13-7-8-14(24-13)18(20)21)16-9-10-1-5-12(6-2-10)25(22,23)17-11-3-4-11/h1-2,5-8,11,17H,3-4,9H2,(H,16,19). The Labute approximate surface area is 143 Å². The van der Waals surface area contributed by atoms with E-state index in [1.54, 1.807) is 12.1 Å². The van der Waals surface area contributed by atoms with Gasteiger partial charge in [-0.15, -0.1) is 0 Å². The Bertz CT molecular complexity index is 900. The highest BCUT2D eigenvalue weighted by molar-refractivity contribution is 7.89. The summed E-state index contributed by atoms with van der Waals surface area (Å²) in [7, 11) is -3.51. The van der Waals surface area contributed by atoms with Gasteiger partial charge in [0.1, 0.15) is 4.92 Å². The fraction of sp³-hybridized carbons (Fsp3) is 0.267. The molecule has 0 bridgehead atoms. The third kappa shape index (κ3) is 4.22. The van der Waals surface area contributed by atoms with Crippen LogP contribution in [0.1, 0.15) is 29.0 Å². The summed E-state index contributed by atoms with van der Waals surface area (Å²) in [5, 5.41) is 13.1. The predicted molar refractivity (Wildman–Crippen MR) is 86.3 cm³/mol. The number of carbonyl (C=O) groups excluding carboxylic acids is 1. The zero-order valence-corrected chi connectivity index (χ0v) is 13.8. The lowest BCUT2D eigenvalue weighted by Crippen LogP contribution is -2.25. The molecule has 1 aromatic heterocycles. The number of furan rings is 1. The molecule has 0 radical (unpaired) electrons. The van der Waals surface area contributed by atoms with Gasteiger partial charge in [-0.2, -0.15) is 0 Å². The molecule has 0 aliphatic heterocycles. The third-order valence-electron chi connectivity index (χ3n) is 3.58. The van der Waals surface area contributed by atoms with E-state index in [0.29, 0.717) is 5.56 Å². The predicted octanol–water partition coefficient (Wildman–Crippen LogP) is 1.56. The number of carbonyl (C=O) groups is 1. The molecule has 1 aliphatic rings. The summed E-state index contributed by atoms with van der Waals surface area (Å²) in [6, 6.07) is 8.45. The van der Waals surface area contributed by atoms with Crippen LogP contribution in [0, 0.1) is 10.1 Å². The van der Waals surface area contributed by atoms with Crippen LogP contribution in [-0.2, 0) is 16.6 Å².